The van der Waals surface area contributed by atoms with Crippen LogP contribution in [0, 0.1) is 0 Å². The van der Waals surface area contributed by atoms with Crippen LogP contribution in [0.15, 0.2) is 0 Å². The summed E-state index contributed by atoms with van der Waals surface area (Å²) in [7, 11) is 0. The van der Waals surface area contributed by atoms with Crippen LogP contribution in [0.25, 0.3) is 0 Å². The predicted octanol–water partition coefficient (Wildman–Crippen LogP) is 0.859. The van der Waals surface area contributed by atoms with Crippen LogP contribution in [0.2, 0.25) is 0 Å². The molecule has 0 aromatic rings. The Labute approximate surface area is 91.5 Å². The van der Waals surface area contributed by atoms with Crippen LogP contribution in [-0.4, -0.2) is 41.9 Å². The maximum absolute atomic E-state index is 12.0. The molecule has 0 unspecified atom stereocenters. The molecule has 0 spiro atoms. The number of carbonyl (C=O) groups excluding carboxylic acids is 1. The first-order valence-corrected chi connectivity index (χ1v) is 5.01. The van der Waals surface area contributed by atoms with E-state index >= 15 is 0 Å². The molecule has 1 aliphatic rings. The molecule has 0 radical (unpaired) electrons. The van der Waals surface area contributed by atoms with Gasteiger partial charge in [-0.15, -0.1) is 13.2 Å². The lowest BCUT2D eigenvalue weighted by molar-refractivity contribution is -0.340. The molecule has 94 valence electrons. The standard InChI is InChI=1S/C9H15F3N2O2/c1-5-3-7(16-9(10,11)12)4-14(5)8(15)6(2)13/h5-7H,3-4,13H2,1-2H3/t5-,6-,7+/m1/s1. The molecule has 16 heavy (non-hydrogen) atoms. The molecule has 1 aliphatic heterocycles. The van der Waals surface area contributed by atoms with E-state index in [1.165, 1.54) is 11.8 Å². The third-order valence-electron chi connectivity index (χ3n) is 2.51. The quantitative estimate of drug-likeness (QED) is 0.778. The maximum Gasteiger partial charge on any atom is 0.522 e. The molecule has 4 nitrogen and oxygen atoms in total. The van der Waals surface area contributed by atoms with Gasteiger partial charge >= 0.3 is 6.36 Å². The van der Waals surface area contributed by atoms with Gasteiger partial charge in [0.25, 0.3) is 0 Å². The monoisotopic (exact) mass is 240 g/mol. The van der Waals surface area contributed by atoms with Crippen LogP contribution in [-0.2, 0) is 9.53 Å². The van der Waals surface area contributed by atoms with E-state index < -0.39 is 18.5 Å². The molecular formula is C9H15F3N2O2. The summed E-state index contributed by atoms with van der Waals surface area (Å²) < 4.78 is 39.8. The topological polar surface area (TPSA) is 55.6 Å². The number of rotatable bonds is 2. The average Bonchev–Trinajstić information content (AvgIpc) is 2.41. The van der Waals surface area contributed by atoms with Crippen molar-refractivity contribution in [1.29, 1.82) is 0 Å². The van der Waals surface area contributed by atoms with Gasteiger partial charge in [-0.2, -0.15) is 0 Å². The van der Waals surface area contributed by atoms with Gasteiger partial charge in [0.15, 0.2) is 0 Å². The predicted molar refractivity (Wildman–Crippen MR) is 50.4 cm³/mol. The van der Waals surface area contributed by atoms with E-state index in [-0.39, 0.29) is 24.9 Å². The number of carbonyl (C=O) groups is 1. The molecule has 1 saturated heterocycles. The van der Waals surface area contributed by atoms with Crippen molar-refractivity contribution in [2.24, 2.45) is 5.73 Å². The van der Waals surface area contributed by atoms with E-state index in [0.717, 1.165) is 0 Å². The number of amides is 1. The normalized spacial score (nSPS) is 28.2. The minimum atomic E-state index is -4.65. The lowest BCUT2D eigenvalue weighted by Gasteiger charge is -2.23. The second kappa shape index (κ2) is 4.58. The highest BCUT2D eigenvalue weighted by Crippen LogP contribution is 2.27. The Kier molecular flexibility index (Phi) is 3.80. The van der Waals surface area contributed by atoms with Gasteiger partial charge in [0.2, 0.25) is 5.91 Å². The molecule has 3 atom stereocenters. The van der Waals surface area contributed by atoms with Crippen molar-refractivity contribution >= 4 is 5.91 Å². The Morgan fingerprint density at radius 2 is 2.12 bits per heavy atom. The van der Waals surface area contributed by atoms with Gasteiger partial charge in [-0.25, -0.2) is 0 Å². The SMILES string of the molecule is C[C@@H]1C[C@H](OC(F)(F)F)CN1C(=O)[C@@H](C)N. The number of hydrogen-bond acceptors (Lipinski definition) is 3. The summed E-state index contributed by atoms with van der Waals surface area (Å²) in [5.74, 6) is -0.347. The Hall–Kier alpha value is -0.820. The Bertz CT molecular complexity index is 268. The Balaban J connectivity index is 2.57. The van der Waals surface area contributed by atoms with Gasteiger partial charge < -0.3 is 10.6 Å². The largest absolute Gasteiger partial charge is 0.522 e. The fourth-order valence-corrected chi connectivity index (χ4v) is 1.82. The van der Waals surface area contributed by atoms with Gasteiger partial charge in [0.1, 0.15) is 0 Å². The molecule has 2 N–H and O–H groups in total. The first-order chi connectivity index (χ1) is 7.20. The van der Waals surface area contributed by atoms with Gasteiger partial charge in [0.05, 0.1) is 12.1 Å². The van der Waals surface area contributed by atoms with Crippen molar-refractivity contribution in [3.8, 4) is 0 Å². The second-order valence-electron chi connectivity index (χ2n) is 4.05. The van der Waals surface area contributed by atoms with Gasteiger partial charge in [-0.05, 0) is 20.3 Å². The van der Waals surface area contributed by atoms with E-state index in [9.17, 15) is 18.0 Å². The van der Waals surface area contributed by atoms with Crippen LogP contribution in [0.1, 0.15) is 20.3 Å². The molecule has 0 aliphatic carbocycles. The first kappa shape index (κ1) is 13.2. The highest BCUT2D eigenvalue weighted by Gasteiger charge is 2.40. The van der Waals surface area contributed by atoms with E-state index in [4.69, 9.17) is 5.73 Å². The fourth-order valence-electron chi connectivity index (χ4n) is 1.82. The van der Waals surface area contributed by atoms with Crippen LogP contribution in [0.4, 0.5) is 13.2 Å². The summed E-state index contributed by atoms with van der Waals surface area (Å²) in [6.45, 7) is 3.13. The number of nitrogens with two attached hydrogens (primary N) is 1. The van der Waals surface area contributed by atoms with Gasteiger partial charge in [-0.1, -0.05) is 0 Å². The second-order valence-corrected chi connectivity index (χ2v) is 4.05. The summed E-state index contributed by atoms with van der Waals surface area (Å²) in [6.07, 6.45) is -5.46. The van der Waals surface area contributed by atoms with Crippen molar-refractivity contribution in [3.05, 3.63) is 0 Å². The molecule has 1 amide bonds. The fraction of sp³-hybridized carbons (Fsp3) is 0.889. The molecule has 0 bridgehead atoms. The molecule has 0 aromatic carbocycles. The van der Waals surface area contributed by atoms with Crippen molar-refractivity contribution in [3.63, 3.8) is 0 Å². The maximum atomic E-state index is 12.0. The molecule has 1 heterocycles. The van der Waals surface area contributed by atoms with Crippen LogP contribution in [0.3, 0.4) is 0 Å². The van der Waals surface area contributed by atoms with E-state index in [0.29, 0.717) is 0 Å². The lowest BCUT2D eigenvalue weighted by Crippen LogP contribution is -2.44. The third-order valence-corrected chi connectivity index (χ3v) is 2.51. The number of nitrogens with zero attached hydrogens (tertiary/aromatic N) is 1. The minimum absolute atomic E-state index is 0.0545. The van der Waals surface area contributed by atoms with Crippen LogP contribution in [0.5, 0.6) is 0 Å². The van der Waals surface area contributed by atoms with Crippen LogP contribution >= 0.6 is 0 Å². The zero-order valence-corrected chi connectivity index (χ0v) is 9.12. The number of halogens is 3. The molecule has 1 rings (SSSR count). The molecule has 0 saturated carbocycles. The zero-order valence-electron chi connectivity index (χ0n) is 9.12. The third kappa shape index (κ3) is 3.34. The molecular weight excluding hydrogens is 225 g/mol. The highest BCUT2D eigenvalue weighted by molar-refractivity contribution is 5.81. The Morgan fingerprint density at radius 1 is 1.56 bits per heavy atom. The number of hydrogen-bond donors (Lipinski definition) is 1. The number of alkyl halides is 3. The first-order valence-electron chi connectivity index (χ1n) is 5.01. The summed E-state index contributed by atoms with van der Waals surface area (Å²) in [4.78, 5) is 12.9. The van der Waals surface area contributed by atoms with E-state index in [1.54, 1.807) is 6.92 Å². The van der Waals surface area contributed by atoms with Crippen molar-refractivity contribution < 1.29 is 22.7 Å². The van der Waals surface area contributed by atoms with Gasteiger partial charge in [-0.3, -0.25) is 9.53 Å². The Morgan fingerprint density at radius 3 is 2.56 bits per heavy atom. The van der Waals surface area contributed by atoms with Crippen molar-refractivity contribution in [2.45, 2.75) is 44.8 Å². The van der Waals surface area contributed by atoms with Crippen LogP contribution < -0.4 is 5.73 Å². The summed E-state index contributed by atoms with van der Waals surface area (Å²) >= 11 is 0. The average molecular weight is 240 g/mol. The molecule has 7 heteroatoms. The number of likely N-dealkylation sites (tertiary alicyclic amines) is 1. The van der Waals surface area contributed by atoms with E-state index in [2.05, 4.69) is 4.74 Å². The molecule has 1 fully saturated rings. The zero-order chi connectivity index (χ0) is 12.5. The smallest absolute Gasteiger partial charge is 0.336 e. The van der Waals surface area contributed by atoms with Crippen molar-refractivity contribution in [2.75, 3.05) is 6.54 Å². The minimum Gasteiger partial charge on any atom is -0.336 e. The lowest BCUT2D eigenvalue weighted by atomic mass is 10.2. The van der Waals surface area contributed by atoms with Gasteiger partial charge in [0, 0.05) is 12.6 Å². The summed E-state index contributed by atoms with van der Waals surface area (Å²) in [6, 6.07) is -0.974. The molecule has 0 aromatic heterocycles. The summed E-state index contributed by atoms with van der Waals surface area (Å²) in [5.41, 5.74) is 5.40. The number of ether oxygens (including phenoxy) is 1. The van der Waals surface area contributed by atoms with Crippen molar-refractivity contribution in [1.82, 2.24) is 4.90 Å². The summed E-state index contributed by atoms with van der Waals surface area (Å²) in [5, 5.41) is 0. The highest BCUT2D eigenvalue weighted by atomic mass is 19.4. The van der Waals surface area contributed by atoms with E-state index in [1.807, 2.05) is 0 Å².